The van der Waals surface area contributed by atoms with Crippen molar-refractivity contribution in [3.8, 4) is 33.2 Å². The van der Waals surface area contributed by atoms with Crippen molar-refractivity contribution in [3.63, 3.8) is 0 Å². The SMILES string of the molecule is COc1ccc(-c2sc(N)nc2-c2ccc(C)c3c2OC(C)(C)C=C3)cc1. The number of methoxy groups -OCH3 is 1. The van der Waals surface area contributed by atoms with Gasteiger partial charge in [0.05, 0.1) is 17.7 Å². The van der Waals surface area contributed by atoms with E-state index in [4.69, 9.17) is 15.2 Å². The molecule has 1 aliphatic heterocycles. The van der Waals surface area contributed by atoms with Crippen molar-refractivity contribution < 1.29 is 9.47 Å². The molecular formula is C22H22N2O2S. The maximum Gasteiger partial charge on any atom is 0.181 e. The Morgan fingerprint density at radius 3 is 2.56 bits per heavy atom. The number of thiazole rings is 1. The van der Waals surface area contributed by atoms with E-state index >= 15 is 0 Å². The standard InChI is InChI=1S/C22H22N2O2S/c1-13-5-10-17(19-16(13)11-12-22(2,3)26-19)18-20(27-21(23)24-18)14-6-8-15(25-4)9-7-14/h5-12H,1-4H3,(H2,23,24). The van der Waals surface area contributed by atoms with Crippen LogP contribution in [0.25, 0.3) is 27.8 Å². The molecule has 0 aliphatic carbocycles. The van der Waals surface area contributed by atoms with Crippen LogP contribution in [-0.2, 0) is 0 Å². The van der Waals surface area contributed by atoms with E-state index in [0.29, 0.717) is 5.13 Å². The molecule has 27 heavy (non-hydrogen) atoms. The number of fused-ring (bicyclic) bond motifs is 1. The topological polar surface area (TPSA) is 57.4 Å². The molecule has 3 aromatic rings. The second-order valence-electron chi connectivity index (χ2n) is 7.17. The molecule has 0 radical (unpaired) electrons. The molecule has 4 nitrogen and oxygen atoms in total. The number of aryl methyl sites for hydroxylation is 1. The second kappa shape index (κ2) is 6.43. The lowest BCUT2D eigenvalue weighted by Gasteiger charge is -2.30. The minimum absolute atomic E-state index is 0.364. The lowest BCUT2D eigenvalue weighted by molar-refractivity contribution is 0.160. The molecule has 0 unspecified atom stereocenters. The molecule has 0 bridgehead atoms. The lowest BCUT2D eigenvalue weighted by atomic mass is 9.94. The number of nitrogens with two attached hydrogens (primary N) is 1. The highest BCUT2D eigenvalue weighted by Gasteiger charge is 2.27. The van der Waals surface area contributed by atoms with Gasteiger partial charge in [0, 0.05) is 11.1 Å². The van der Waals surface area contributed by atoms with Gasteiger partial charge in [-0.3, -0.25) is 0 Å². The van der Waals surface area contributed by atoms with Gasteiger partial charge in [0.15, 0.2) is 5.13 Å². The number of hydrogen-bond donors (Lipinski definition) is 1. The average molecular weight is 378 g/mol. The number of anilines is 1. The van der Waals surface area contributed by atoms with Gasteiger partial charge < -0.3 is 15.2 Å². The highest BCUT2D eigenvalue weighted by Crippen LogP contribution is 2.46. The molecule has 0 fully saturated rings. The zero-order valence-corrected chi connectivity index (χ0v) is 16.7. The Balaban J connectivity index is 1.90. The van der Waals surface area contributed by atoms with Crippen molar-refractivity contribution in [1.29, 1.82) is 0 Å². The Hall–Kier alpha value is -2.79. The normalized spacial score (nSPS) is 14.5. The van der Waals surface area contributed by atoms with Crippen LogP contribution in [0.2, 0.25) is 0 Å². The molecule has 0 amide bonds. The Bertz CT molecular complexity index is 1030. The van der Waals surface area contributed by atoms with Gasteiger partial charge in [-0.1, -0.05) is 23.5 Å². The van der Waals surface area contributed by atoms with Crippen LogP contribution in [0.1, 0.15) is 25.0 Å². The van der Waals surface area contributed by atoms with Crippen LogP contribution in [0.5, 0.6) is 11.5 Å². The highest BCUT2D eigenvalue weighted by atomic mass is 32.1. The van der Waals surface area contributed by atoms with E-state index in [1.165, 1.54) is 16.9 Å². The zero-order chi connectivity index (χ0) is 19.2. The first-order valence-electron chi connectivity index (χ1n) is 8.81. The summed E-state index contributed by atoms with van der Waals surface area (Å²) in [5, 5.41) is 0.538. The third-order valence-electron chi connectivity index (χ3n) is 4.68. The van der Waals surface area contributed by atoms with Crippen LogP contribution in [0.3, 0.4) is 0 Å². The summed E-state index contributed by atoms with van der Waals surface area (Å²) < 4.78 is 11.6. The minimum Gasteiger partial charge on any atom is -0.497 e. The van der Waals surface area contributed by atoms with Crippen molar-refractivity contribution in [2.75, 3.05) is 12.8 Å². The molecule has 1 aromatic heterocycles. The predicted octanol–water partition coefficient (Wildman–Crippen LogP) is 5.56. The monoisotopic (exact) mass is 378 g/mol. The molecule has 0 spiro atoms. The van der Waals surface area contributed by atoms with Gasteiger partial charge in [-0.2, -0.15) is 0 Å². The lowest BCUT2D eigenvalue weighted by Crippen LogP contribution is -2.28. The van der Waals surface area contributed by atoms with Crippen LogP contribution >= 0.6 is 11.3 Å². The molecule has 138 valence electrons. The largest absolute Gasteiger partial charge is 0.497 e. The van der Waals surface area contributed by atoms with E-state index in [1.807, 2.05) is 24.3 Å². The molecule has 0 saturated heterocycles. The Morgan fingerprint density at radius 1 is 1.11 bits per heavy atom. The van der Waals surface area contributed by atoms with E-state index < -0.39 is 0 Å². The van der Waals surface area contributed by atoms with Gasteiger partial charge >= 0.3 is 0 Å². The van der Waals surface area contributed by atoms with Crippen LogP contribution in [0, 0.1) is 6.92 Å². The third kappa shape index (κ3) is 3.19. The summed E-state index contributed by atoms with van der Waals surface area (Å²) in [5.74, 6) is 1.68. The van der Waals surface area contributed by atoms with E-state index in [2.05, 4.69) is 50.0 Å². The van der Waals surface area contributed by atoms with Crippen molar-refractivity contribution in [3.05, 3.63) is 53.6 Å². The second-order valence-corrected chi connectivity index (χ2v) is 8.20. The molecule has 2 aromatic carbocycles. The third-order valence-corrected chi connectivity index (χ3v) is 5.62. The van der Waals surface area contributed by atoms with Gasteiger partial charge in [0.2, 0.25) is 0 Å². The Labute approximate surface area is 163 Å². The molecule has 2 N–H and O–H groups in total. The van der Waals surface area contributed by atoms with Gasteiger partial charge in [0.25, 0.3) is 0 Å². The van der Waals surface area contributed by atoms with E-state index in [1.54, 1.807) is 7.11 Å². The number of nitrogens with zero attached hydrogens (tertiary/aromatic N) is 1. The maximum atomic E-state index is 6.34. The molecule has 0 atom stereocenters. The molecule has 2 heterocycles. The number of hydrogen-bond acceptors (Lipinski definition) is 5. The molecule has 1 aliphatic rings. The first-order valence-corrected chi connectivity index (χ1v) is 9.62. The van der Waals surface area contributed by atoms with Crippen LogP contribution in [-0.4, -0.2) is 17.7 Å². The number of benzene rings is 2. The maximum absolute atomic E-state index is 6.34. The summed E-state index contributed by atoms with van der Waals surface area (Å²) in [5.41, 5.74) is 10.9. The molecule has 0 saturated carbocycles. The van der Waals surface area contributed by atoms with Crippen LogP contribution < -0.4 is 15.2 Å². The average Bonchev–Trinajstić information content (AvgIpc) is 3.02. The number of nitrogen functional groups attached to an aromatic ring is 1. The summed E-state index contributed by atoms with van der Waals surface area (Å²) in [6, 6.07) is 12.1. The summed E-state index contributed by atoms with van der Waals surface area (Å²) in [4.78, 5) is 5.67. The van der Waals surface area contributed by atoms with E-state index in [0.717, 1.165) is 38.8 Å². The first-order chi connectivity index (χ1) is 12.9. The molecular weight excluding hydrogens is 356 g/mol. The number of aromatic nitrogens is 1. The highest BCUT2D eigenvalue weighted by molar-refractivity contribution is 7.19. The van der Waals surface area contributed by atoms with Crippen molar-refractivity contribution in [2.45, 2.75) is 26.4 Å². The van der Waals surface area contributed by atoms with Crippen molar-refractivity contribution in [1.82, 2.24) is 4.98 Å². The summed E-state index contributed by atoms with van der Waals surface area (Å²) >= 11 is 1.48. The summed E-state index contributed by atoms with van der Waals surface area (Å²) in [6.07, 6.45) is 4.23. The molecule has 4 rings (SSSR count). The summed E-state index contributed by atoms with van der Waals surface area (Å²) in [6.45, 7) is 6.20. The van der Waals surface area contributed by atoms with Crippen LogP contribution in [0.15, 0.2) is 42.5 Å². The van der Waals surface area contributed by atoms with Crippen molar-refractivity contribution >= 4 is 22.5 Å². The van der Waals surface area contributed by atoms with Crippen LogP contribution in [0.4, 0.5) is 5.13 Å². The Morgan fingerprint density at radius 2 is 1.85 bits per heavy atom. The van der Waals surface area contributed by atoms with Crippen molar-refractivity contribution in [2.24, 2.45) is 0 Å². The fourth-order valence-corrected chi connectivity index (χ4v) is 4.09. The Kier molecular flexibility index (Phi) is 4.19. The fraction of sp³-hybridized carbons (Fsp3) is 0.227. The fourth-order valence-electron chi connectivity index (χ4n) is 3.24. The predicted molar refractivity (Wildman–Crippen MR) is 112 cm³/mol. The van der Waals surface area contributed by atoms with E-state index in [9.17, 15) is 0 Å². The first kappa shape index (κ1) is 17.6. The zero-order valence-electron chi connectivity index (χ0n) is 15.9. The van der Waals surface area contributed by atoms with Gasteiger partial charge in [-0.25, -0.2) is 4.98 Å². The van der Waals surface area contributed by atoms with Gasteiger partial charge in [-0.15, -0.1) is 0 Å². The smallest absolute Gasteiger partial charge is 0.181 e. The minimum atomic E-state index is -0.364. The van der Waals surface area contributed by atoms with E-state index in [-0.39, 0.29) is 5.60 Å². The quantitative estimate of drug-likeness (QED) is 0.648. The summed E-state index contributed by atoms with van der Waals surface area (Å²) in [7, 11) is 1.66. The van der Waals surface area contributed by atoms with Gasteiger partial charge in [0.1, 0.15) is 17.1 Å². The molecule has 5 heteroatoms. The number of rotatable bonds is 3. The number of ether oxygens (including phenoxy) is 2. The van der Waals surface area contributed by atoms with Gasteiger partial charge in [-0.05, 0) is 68.3 Å².